The molecule has 0 radical (unpaired) electrons. The lowest BCUT2D eigenvalue weighted by atomic mass is 9.89. The molecule has 1 aliphatic carbocycles. The van der Waals surface area contributed by atoms with Crippen molar-refractivity contribution in [2.75, 3.05) is 11.9 Å². The molecule has 3 rings (SSSR count). The van der Waals surface area contributed by atoms with Gasteiger partial charge in [0, 0.05) is 18.3 Å². The average molecular weight is 269 g/mol. The molecule has 19 heavy (non-hydrogen) atoms. The molecule has 0 spiro atoms. The second-order valence-electron chi connectivity index (χ2n) is 5.21. The Morgan fingerprint density at radius 1 is 1.11 bits per heavy atom. The van der Waals surface area contributed by atoms with Crippen molar-refractivity contribution in [1.29, 1.82) is 0 Å². The van der Waals surface area contributed by atoms with Gasteiger partial charge in [0.2, 0.25) is 0 Å². The first-order valence-electron chi connectivity index (χ1n) is 6.76. The second kappa shape index (κ2) is 4.87. The van der Waals surface area contributed by atoms with Crippen molar-refractivity contribution >= 4 is 5.69 Å². The summed E-state index contributed by atoms with van der Waals surface area (Å²) in [5, 5.41) is 3.29. The number of hydrogen-bond acceptors (Lipinski definition) is 3. The Labute approximate surface area is 110 Å². The van der Waals surface area contributed by atoms with Crippen LogP contribution in [0.4, 0.5) is 14.5 Å². The Morgan fingerprint density at radius 3 is 2.63 bits per heavy atom. The molecule has 0 amide bonds. The number of benzene rings is 1. The first-order valence-corrected chi connectivity index (χ1v) is 6.76. The highest BCUT2D eigenvalue weighted by Gasteiger charge is 2.43. The quantitative estimate of drug-likeness (QED) is 0.899. The first-order chi connectivity index (χ1) is 9.12. The van der Waals surface area contributed by atoms with E-state index in [9.17, 15) is 8.78 Å². The van der Waals surface area contributed by atoms with Crippen molar-refractivity contribution in [3.8, 4) is 11.5 Å². The van der Waals surface area contributed by atoms with Crippen LogP contribution in [0.3, 0.4) is 0 Å². The van der Waals surface area contributed by atoms with E-state index in [1.807, 2.05) is 0 Å². The summed E-state index contributed by atoms with van der Waals surface area (Å²) in [5.74, 6) is 0.868. The van der Waals surface area contributed by atoms with Crippen molar-refractivity contribution in [3.05, 3.63) is 18.2 Å². The third-order valence-electron chi connectivity index (χ3n) is 3.72. The Balaban J connectivity index is 1.60. The molecule has 0 aromatic heterocycles. The van der Waals surface area contributed by atoms with Gasteiger partial charge in [-0.1, -0.05) is 19.3 Å². The van der Waals surface area contributed by atoms with Crippen molar-refractivity contribution in [1.82, 2.24) is 0 Å². The highest BCUT2D eigenvalue weighted by Crippen LogP contribution is 2.42. The number of ether oxygens (including phenoxy) is 2. The molecule has 1 aromatic carbocycles. The lowest BCUT2D eigenvalue weighted by Gasteiger charge is -2.22. The smallest absolute Gasteiger partial charge is 0.395 e. The molecule has 5 heteroatoms. The normalized spacial score (nSPS) is 21.4. The summed E-state index contributed by atoms with van der Waals surface area (Å²) < 4.78 is 34.6. The van der Waals surface area contributed by atoms with Crippen LogP contribution in [0, 0.1) is 5.92 Å². The van der Waals surface area contributed by atoms with Gasteiger partial charge in [-0.2, -0.15) is 0 Å². The summed E-state index contributed by atoms with van der Waals surface area (Å²) in [7, 11) is 0. The van der Waals surface area contributed by atoms with Crippen LogP contribution in [0.15, 0.2) is 18.2 Å². The van der Waals surface area contributed by atoms with Gasteiger partial charge in [0.1, 0.15) is 0 Å². The van der Waals surface area contributed by atoms with Gasteiger partial charge in [-0.3, -0.25) is 0 Å². The summed E-state index contributed by atoms with van der Waals surface area (Å²) in [5.41, 5.74) is 0.797. The predicted octanol–water partition coefficient (Wildman–Crippen LogP) is 4.00. The zero-order valence-electron chi connectivity index (χ0n) is 10.6. The Morgan fingerprint density at radius 2 is 1.84 bits per heavy atom. The van der Waals surface area contributed by atoms with E-state index >= 15 is 0 Å². The van der Waals surface area contributed by atoms with E-state index in [0.717, 1.165) is 12.2 Å². The van der Waals surface area contributed by atoms with Gasteiger partial charge < -0.3 is 14.8 Å². The molecule has 1 aromatic rings. The maximum Gasteiger partial charge on any atom is 0.586 e. The van der Waals surface area contributed by atoms with Gasteiger partial charge in [0.15, 0.2) is 11.5 Å². The number of rotatable bonds is 3. The number of nitrogens with one attached hydrogen (secondary N) is 1. The highest BCUT2D eigenvalue weighted by molar-refractivity contribution is 5.55. The Bertz CT molecular complexity index is 459. The van der Waals surface area contributed by atoms with E-state index in [4.69, 9.17) is 0 Å². The molecule has 0 saturated heterocycles. The van der Waals surface area contributed by atoms with Crippen LogP contribution in [0.2, 0.25) is 0 Å². The van der Waals surface area contributed by atoms with Gasteiger partial charge >= 0.3 is 6.29 Å². The maximum atomic E-state index is 12.9. The van der Waals surface area contributed by atoms with Crippen molar-refractivity contribution < 1.29 is 18.3 Å². The monoisotopic (exact) mass is 269 g/mol. The van der Waals surface area contributed by atoms with Crippen molar-refractivity contribution in [2.24, 2.45) is 5.92 Å². The molecule has 0 unspecified atom stereocenters. The van der Waals surface area contributed by atoms with Crippen molar-refractivity contribution in [3.63, 3.8) is 0 Å². The van der Waals surface area contributed by atoms with Gasteiger partial charge in [0.05, 0.1) is 0 Å². The minimum Gasteiger partial charge on any atom is -0.395 e. The van der Waals surface area contributed by atoms with Crippen molar-refractivity contribution in [2.45, 2.75) is 38.4 Å². The number of anilines is 1. The topological polar surface area (TPSA) is 30.5 Å². The molecule has 1 aliphatic heterocycles. The standard InChI is InChI=1S/C14H17F2NO2/c15-14(16)18-12-7-6-11(8-13(12)19-14)17-9-10-4-2-1-3-5-10/h6-8,10,17H,1-5,9H2. The maximum absolute atomic E-state index is 12.9. The summed E-state index contributed by atoms with van der Waals surface area (Å²) in [4.78, 5) is 0. The van der Waals surface area contributed by atoms with Crippen LogP contribution in [0.5, 0.6) is 11.5 Å². The van der Waals surface area contributed by atoms with Gasteiger partial charge in [-0.05, 0) is 30.9 Å². The van der Waals surface area contributed by atoms with Crippen LogP contribution in [0.25, 0.3) is 0 Å². The molecule has 1 N–H and O–H groups in total. The zero-order valence-corrected chi connectivity index (χ0v) is 10.6. The SMILES string of the molecule is FC1(F)Oc2ccc(NCC3CCCCC3)cc2O1. The van der Waals surface area contributed by atoms with Crippen LogP contribution >= 0.6 is 0 Å². The number of hydrogen-bond donors (Lipinski definition) is 1. The number of halogens is 2. The van der Waals surface area contributed by atoms with Crippen LogP contribution in [-0.4, -0.2) is 12.8 Å². The van der Waals surface area contributed by atoms with E-state index in [-0.39, 0.29) is 11.5 Å². The van der Waals surface area contributed by atoms with Gasteiger partial charge in [-0.15, -0.1) is 8.78 Å². The fourth-order valence-electron chi connectivity index (χ4n) is 2.71. The third-order valence-corrected chi connectivity index (χ3v) is 3.72. The second-order valence-corrected chi connectivity index (χ2v) is 5.21. The molecule has 104 valence electrons. The lowest BCUT2D eigenvalue weighted by Crippen LogP contribution is -2.25. The minimum atomic E-state index is -3.54. The molecule has 1 fully saturated rings. The summed E-state index contributed by atoms with van der Waals surface area (Å²) in [6.45, 7) is 0.885. The summed E-state index contributed by atoms with van der Waals surface area (Å²) in [6, 6.07) is 4.82. The minimum absolute atomic E-state index is 0.0909. The van der Waals surface area contributed by atoms with Crippen LogP contribution in [-0.2, 0) is 0 Å². The summed E-state index contributed by atoms with van der Waals surface area (Å²) in [6.07, 6.45) is 2.87. The predicted molar refractivity (Wildman–Crippen MR) is 67.7 cm³/mol. The zero-order chi connectivity index (χ0) is 13.3. The van der Waals surface area contributed by atoms with Gasteiger partial charge in [0.25, 0.3) is 0 Å². The fraction of sp³-hybridized carbons (Fsp3) is 0.571. The fourth-order valence-corrected chi connectivity index (χ4v) is 2.71. The number of alkyl halides is 2. The van der Waals surface area contributed by atoms with Crippen LogP contribution < -0.4 is 14.8 Å². The third kappa shape index (κ3) is 2.91. The van der Waals surface area contributed by atoms with E-state index < -0.39 is 6.29 Å². The summed E-state index contributed by atoms with van der Waals surface area (Å²) >= 11 is 0. The van der Waals surface area contributed by atoms with E-state index in [2.05, 4.69) is 14.8 Å². The molecular formula is C14H17F2NO2. The average Bonchev–Trinajstić information content (AvgIpc) is 2.70. The Hall–Kier alpha value is -1.52. The molecular weight excluding hydrogens is 252 g/mol. The van der Waals surface area contributed by atoms with E-state index in [1.165, 1.54) is 38.2 Å². The van der Waals surface area contributed by atoms with E-state index in [0.29, 0.717) is 5.92 Å². The van der Waals surface area contributed by atoms with Crippen LogP contribution in [0.1, 0.15) is 32.1 Å². The number of fused-ring (bicyclic) bond motifs is 1. The first kappa shape index (κ1) is 12.5. The lowest BCUT2D eigenvalue weighted by molar-refractivity contribution is -0.286. The van der Waals surface area contributed by atoms with E-state index in [1.54, 1.807) is 12.1 Å². The molecule has 0 bridgehead atoms. The molecule has 1 heterocycles. The largest absolute Gasteiger partial charge is 0.586 e. The molecule has 2 aliphatic rings. The Kier molecular flexibility index (Phi) is 3.21. The molecule has 1 saturated carbocycles. The molecule has 3 nitrogen and oxygen atoms in total. The van der Waals surface area contributed by atoms with Gasteiger partial charge in [-0.25, -0.2) is 0 Å². The molecule has 0 atom stereocenters. The highest BCUT2D eigenvalue weighted by atomic mass is 19.3.